The summed E-state index contributed by atoms with van der Waals surface area (Å²) in [5.41, 5.74) is -7.06. The summed E-state index contributed by atoms with van der Waals surface area (Å²) in [4.78, 5) is 0. The Bertz CT molecular complexity index is 1560. The molecule has 3 nitrogen and oxygen atoms in total. The molecule has 0 aliphatic carbocycles. The Morgan fingerprint density at radius 2 is 0.581 bits per heavy atom. The Hall–Kier alpha value is -4.54. The minimum atomic E-state index is -3.19. The molecule has 2 unspecified atom stereocenters. The van der Waals surface area contributed by atoms with E-state index in [1.807, 2.05) is 0 Å². The molecule has 0 aliphatic rings. The Labute approximate surface area is 228 Å². The lowest BCUT2D eigenvalue weighted by molar-refractivity contribution is 0.0202. The third-order valence-corrected chi connectivity index (χ3v) is 5.97. The SMILES string of the molecule is Oc1c(F)cc(C(OC(c2cc(F)c(O)c(F)c2)c2c(F)c(F)c(F)c(F)c2F)c2c(F)c(F)c(F)c(F)c2F)cc1F. The van der Waals surface area contributed by atoms with Crippen molar-refractivity contribution in [1.82, 2.24) is 0 Å². The molecule has 0 bridgehead atoms. The van der Waals surface area contributed by atoms with E-state index in [0.717, 1.165) is 0 Å². The van der Waals surface area contributed by atoms with E-state index in [4.69, 9.17) is 4.74 Å². The normalized spacial score (nSPS) is 13.0. The van der Waals surface area contributed by atoms with Crippen LogP contribution in [0.5, 0.6) is 11.5 Å². The molecule has 2 atom stereocenters. The van der Waals surface area contributed by atoms with Gasteiger partial charge in [-0.1, -0.05) is 0 Å². The van der Waals surface area contributed by atoms with E-state index in [0.29, 0.717) is 0 Å². The van der Waals surface area contributed by atoms with Gasteiger partial charge in [-0.2, -0.15) is 0 Å². The van der Waals surface area contributed by atoms with Crippen LogP contribution >= 0.6 is 0 Å². The van der Waals surface area contributed by atoms with Crippen molar-refractivity contribution >= 4 is 0 Å². The average molecular weight is 634 g/mol. The van der Waals surface area contributed by atoms with Crippen LogP contribution in [0.4, 0.5) is 61.5 Å². The smallest absolute Gasteiger partial charge is 0.200 e. The van der Waals surface area contributed by atoms with E-state index < -0.39 is 127 Å². The van der Waals surface area contributed by atoms with Crippen molar-refractivity contribution in [1.29, 1.82) is 0 Å². The molecule has 43 heavy (non-hydrogen) atoms. The molecule has 228 valence electrons. The number of aromatic hydroxyl groups is 2. The quantitative estimate of drug-likeness (QED) is 0.129. The van der Waals surface area contributed by atoms with Gasteiger partial charge in [0.1, 0.15) is 12.2 Å². The predicted molar refractivity (Wildman–Crippen MR) is 113 cm³/mol. The standard InChI is InChI=1S/C26H8F14O3/c27-7-1-5(2-8(28)23(7)41)25(11-13(31)17(35)21(39)18(36)14(11)32)43-26(6-3-9(29)24(42)10(30)4-6)12-15(33)19(37)22(40)20(38)16(12)34/h1-4,25-26,41-42H. The third-order valence-electron chi connectivity index (χ3n) is 5.97. The summed E-state index contributed by atoms with van der Waals surface area (Å²) in [6, 6.07) is -0.188. The van der Waals surface area contributed by atoms with E-state index in [1.165, 1.54) is 0 Å². The van der Waals surface area contributed by atoms with Crippen molar-refractivity contribution in [2.24, 2.45) is 0 Å². The molecule has 0 aliphatic heterocycles. The summed E-state index contributed by atoms with van der Waals surface area (Å²) in [5.74, 6) is -39.1. The Morgan fingerprint density at radius 1 is 0.372 bits per heavy atom. The van der Waals surface area contributed by atoms with Crippen LogP contribution in [0.3, 0.4) is 0 Å². The largest absolute Gasteiger partial charge is 0.503 e. The fourth-order valence-corrected chi connectivity index (χ4v) is 3.94. The second-order valence-electron chi connectivity index (χ2n) is 8.53. The monoisotopic (exact) mass is 634 g/mol. The van der Waals surface area contributed by atoms with E-state index in [2.05, 4.69) is 0 Å². The molecule has 0 amide bonds. The van der Waals surface area contributed by atoms with Gasteiger partial charge in [0.15, 0.2) is 81.3 Å². The summed E-state index contributed by atoms with van der Waals surface area (Å²) in [7, 11) is 0. The van der Waals surface area contributed by atoms with Gasteiger partial charge in [-0.3, -0.25) is 0 Å². The topological polar surface area (TPSA) is 49.7 Å². The van der Waals surface area contributed by atoms with Crippen molar-refractivity contribution in [3.05, 3.63) is 128 Å². The minimum absolute atomic E-state index is 0.0469. The van der Waals surface area contributed by atoms with Crippen molar-refractivity contribution in [3.63, 3.8) is 0 Å². The van der Waals surface area contributed by atoms with Crippen molar-refractivity contribution in [3.8, 4) is 11.5 Å². The first kappa shape index (κ1) is 31.4. The van der Waals surface area contributed by atoms with Gasteiger partial charge in [-0.25, -0.2) is 61.5 Å². The summed E-state index contributed by atoms with van der Waals surface area (Å²) in [6.45, 7) is 0. The Morgan fingerprint density at radius 3 is 0.814 bits per heavy atom. The van der Waals surface area contributed by atoms with Crippen LogP contribution in [0.2, 0.25) is 0 Å². The molecule has 0 heterocycles. The molecule has 4 aromatic rings. The van der Waals surface area contributed by atoms with Crippen LogP contribution < -0.4 is 0 Å². The summed E-state index contributed by atoms with van der Waals surface area (Å²) in [6.07, 6.45) is -6.37. The highest BCUT2D eigenvalue weighted by Gasteiger charge is 2.39. The zero-order valence-electron chi connectivity index (χ0n) is 20.1. The van der Waals surface area contributed by atoms with Crippen molar-refractivity contribution < 1.29 is 76.4 Å². The number of hydrogen-bond donors (Lipinski definition) is 2. The van der Waals surface area contributed by atoms with Crippen molar-refractivity contribution in [2.45, 2.75) is 12.2 Å². The number of phenols is 2. The number of halogens is 14. The molecule has 0 saturated heterocycles. The van der Waals surface area contributed by atoms with E-state index >= 15 is 0 Å². The Kier molecular flexibility index (Phi) is 8.23. The second-order valence-corrected chi connectivity index (χ2v) is 8.53. The molecule has 2 N–H and O–H groups in total. The van der Waals surface area contributed by atoms with Gasteiger partial charge in [0.05, 0.1) is 11.1 Å². The van der Waals surface area contributed by atoms with E-state index in [1.54, 1.807) is 0 Å². The van der Waals surface area contributed by atoms with Gasteiger partial charge < -0.3 is 14.9 Å². The zero-order valence-corrected chi connectivity index (χ0v) is 20.1. The molecule has 17 heteroatoms. The van der Waals surface area contributed by atoms with Crippen LogP contribution in [0.1, 0.15) is 34.5 Å². The minimum Gasteiger partial charge on any atom is -0.503 e. The first-order chi connectivity index (χ1) is 20.0. The maximum atomic E-state index is 14.9. The molecule has 0 radical (unpaired) electrons. The summed E-state index contributed by atoms with van der Waals surface area (Å²) >= 11 is 0. The predicted octanol–water partition coefficient (Wildman–Crippen LogP) is 7.94. The number of ether oxygens (including phenoxy) is 1. The highest BCUT2D eigenvalue weighted by atomic mass is 19.2. The van der Waals surface area contributed by atoms with E-state index in [-0.39, 0.29) is 24.3 Å². The van der Waals surface area contributed by atoms with E-state index in [9.17, 15) is 71.7 Å². The zero-order chi connectivity index (χ0) is 32.2. The summed E-state index contributed by atoms with van der Waals surface area (Å²) in [5, 5.41) is 18.7. The summed E-state index contributed by atoms with van der Waals surface area (Å²) < 4.78 is 205. The third kappa shape index (κ3) is 5.17. The van der Waals surface area contributed by atoms with Gasteiger partial charge in [0, 0.05) is 0 Å². The maximum Gasteiger partial charge on any atom is 0.200 e. The van der Waals surface area contributed by atoms with Gasteiger partial charge in [0.25, 0.3) is 0 Å². The molecule has 4 rings (SSSR count). The first-order valence-electron chi connectivity index (χ1n) is 11.0. The number of rotatable bonds is 6. The first-order valence-corrected chi connectivity index (χ1v) is 11.0. The lowest BCUT2D eigenvalue weighted by atomic mass is 9.95. The molecule has 0 aromatic heterocycles. The number of hydrogen-bond acceptors (Lipinski definition) is 3. The average Bonchev–Trinajstić information content (AvgIpc) is 2.96. The van der Waals surface area contributed by atoms with Crippen LogP contribution in [0.15, 0.2) is 24.3 Å². The number of phenolic OH excluding ortho intramolecular Hbond substituents is 2. The van der Waals surface area contributed by atoms with Crippen LogP contribution in [0.25, 0.3) is 0 Å². The van der Waals surface area contributed by atoms with Gasteiger partial charge in [-0.15, -0.1) is 0 Å². The number of benzene rings is 4. The van der Waals surface area contributed by atoms with Gasteiger partial charge in [-0.05, 0) is 35.4 Å². The van der Waals surface area contributed by atoms with Crippen molar-refractivity contribution in [2.75, 3.05) is 0 Å². The van der Waals surface area contributed by atoms with Crippen LogP contribution in [0, 0.1) is 81.4 Å². The van der Waals surface area contributed by atoms with Gasteiger partial charge in [0.2, 0.25) is 11.6 Å². The molecule has 0 saturated carbocycles. The maximum absolute atomic E-state index is 14.9. The molecular weight excluding hydrogens is 626 g/mol. The second kappa shape index (κ2) is 11.3. The highest BCUT2D eigenvalue weighted by Crippen LogP contribution is 2.43. The fraction of sp³-hybridized carbons (Fsp3) is 0.0769. The molecular formula is C26H8F14O3. The lowest BCUT2D eigenvalue weighted by Crippen LogP contribution is -2.21. The Balaban J connectivity index is 2.13. The molecule has 4 aromatic carbocycles. The lowest BCUT2D eigenvalue weighted by Gasteiger charge is -2.28. The molecule has 0 fully saturated rings. The highest BCUT2D eigenvalue weighted by molar-refractivity contribution is 5.41. The molecule has 0 spiro atoms. The van der Waals surface area contributed by atoms with Gasteiger partial charge >= 0.3 is 0 Å². The fourth-order valence-electron chi connectivity index (χ4n) is 3.94. The van der Waals surface area contributed by atoms with Crippen LogP contribution in [-0.2, 0) is 4.74 Å². The van der Waals surface area contributed by atoms with Crippen LogP contribution in [-0.4, -0.2) is 10.2 Å².